The molecule has 2 rings (SSSR count). The Balaban J connectivity index is 2.48. The van der Waals surface area contributed by atoms with E-state index >= 15 is 0 Å². The summed E-state index contributed by atoms with van der Waals surface area (Å²) in [6.45, 7) is 2.02. The number of carbonyl (C=O) groups is 1. The summed E-state index contributed by atoms with van der Waals surface area (Å²) in [5, 5.41) is 10.4. The lowest BCUT2D eigenvalue weighted by atomic mass is 9.97. The molecule has 20 heavy (non-hydrogen) atoms. The second-order valence-electron chi connectivity index (χ2n) is 4.59. The smallest absolute Gasteiger partial charge is 0.196 e. The lowest BCUT2D eigenvalue weighted by Gasteiger charge is -2.13. The summed E-state index contributed by atoms with van der Waals surface area (Å²) in [5.74, 6) is 0.470. The van der Waals surface area contributed by atoms with Crippen molar-refractivity contribution in [1.82, 2.24) is 0 Å². The van der Waals surface area contributed by atoms with E-state index in [0.29, 0.717) is 28.9 Å². The average Bonchev–Trinajstić information content (AvgIpc) is 2.49. The fraction of sp³-hybridized carbons (Fsp3) is 0.235. The minimum absolute atomic E-state index is 0.0278. The van der Waals surface area contributed by atoms with Crippen molar-refractivity contribution >= 4 is 5.78 Å². The molecule has 0 spiro atoms. The first-order chi connectivity index (χ1) is 9.69. The number of phenolic OH excluding ortho intramolecular Hbond substituents is 1. The molecule has 2 aromatic carbocycles. The van der Waals surface area contributed by atoms with E-state index < -0.39 is 0 Å². The van der Waals surface area contributed by atoms with Crippen molar-refractivity contribution in [3.8, 4) is 11.5 Å². The second kappa shape index (κ2) is 6.24. The maximum atomic E-state index is 12.4. The van der Waals surface area contributed by atoms with Crippen molar-refractivity contribution in [3.63, 3.8) is 0 Å². The van der Waals surface area contributed by atoms with Gasteiger partial charge in [0.05, 0.1) is 12.7 Å². The maximum absolute atomic E-state index is 12.4. The number of hydrogen-bond acceptors (Lipinski definition) is 3. The standard InChI is InChI=1S/C17H18O3/c1-3-7-13-15(20-2)11-10-14(17(13)19)16(18)12-8-5-4-6-9-12/h4-6,8-11,19H,3,7H2,1-2H3. The van der Waals surface area contributed by atoms with E-state index in [1.54, 1.807) is 43.5 Å². The van der Waals surface area contributed by atoms with Crippen LogP contribution < -0.4 is 4.74 Å². The molecule has 0 fully saturated rings. The zero-order valence-electron chi connectivity index (χ0n) is 11.7. The van der Waals surface area contributed by atoms with Crippen molar-refractivity contribution in [2.45, 2.75) is 19.8 Å². The second-order valence-corrected chi connectivity index (χ2v) is 4.59. The van der Waals surface area contributed by atoms with Crippen molar-refractivity contribution < 1.29 is 14.6 Å². The van der Waals surface area contributed by atoms with Crippen LogP contribution in [0.15, 0.2) is 42.5 Å². The number of aromatic hydroxyl groups is 1. The number of ketones is 1. The number of carbonyl (C=O) groups excluding carboxylic acids is 1. The molecule has 0 amide bonds. The third-order valence-corrected chi connectivity index (χ3v) is 3.24. The zero-order chi connectivity index (χ0) is 14.5. The molecule has 0 heterocycles. The minimum atomic E-state index is -0.178. The Bertz CT molecular complexity index is 603. The van der Waals surface area contributed by atoms with Gasteiger partial charge in [-0.3, -0.25) is 4.79 Å². The van der Waals surface area contributed by atoms with Crippen LogP contribution in [0.1, 0.15) is 34.8 Å². The summed E-state index contributed by atoms with van der Waals surface area (Å²) >= 11 is 0. The molecule has 3 heteroatoms. The fourth-order valence-electron chi connectivity index (χ4n) is 2.23. The van der Waals surface area contributed by atoms with Gasteiger partial charge in [0.25, 0.3) is 0 Å². The average molecular weight is 270 g/mol. The van der Waals surface area contributed by atoms with Crippen LogP contribution in [0.25, 0.3) is 0 Å². The number of ether oxygens (including phenoxy) is 1. The molecular formula is C17H18O3. The minimum Gasteiger partial charge on any atom is -0.507 e. The summed E-state index contributed by atoms with van der Waals surface area (Å²) in [6.07, 6.45) is 1.54. The topological polar surface area (TPSA) is 46.5 Å². The van der Waals surface area contributed by atoms with Gasteiger partial charge < -0.3 is 9.84 Å². The number of benzene rings is 2. The SMILES string of the molecule is CCCc1c(OC)ccc(C(=O)c2ccccc2)c1O. The molecule has 104 valence electrons. The van der Waals surface area contributed by atoms with E-state index in [-0.39, 0.29) is 11.5 Å². The van der Waals surface area contributed by atoms with E-state index in [1.807, 2.05) is 13.0 Å². The number of phenols is 1. The van der Waals surface area contributed by atoms with Crippen LogP contribution in [0.4, 0.5) is 0 Å². The van der Waals surface area contributed by atoms with E-state index in [9.17, 15) is 9.90 Å². The zero-order valence-corrected chi connectivity index (χ0v) is 11.7. The summed E-state index contributed by atoms with van der Waals surface area (Å²) in [7, 11) is 1.56. The molecule has 0 aliphatic carbocycles. The molecule has 0 radical (unpaired) electrons. The van der Waals surface area contributed by atoms with E-state index in [2.05, 4.69) is 0 Å². The highest BCUT2D eigenvalue weighted by atomic mass is 16.5. The molecule has 0 saturated heterocycles. The number of hydrogen-bond donors (Lipinski definition) is 1. The first kappa shape index (κ1) is 14.1. The Hall–Kier alpha value is -2.29. The highest BCUT2D eigenvalue weighted by Gasteiger charge is 2.18. The summed E-state index contributed by atoms with van der Waals surface area (Å²) in [6, 6.07) is 12.3. The molecule has 0 atom stereocenters. The van der Waals surface area contributed by atoms with Gasteiger partial charge in [0.15, 0.2) is 5.78 Å². The number of methoxy groups -OCH3 is 1. The van der Waals surface area contributed by atoms with Crippen LogP contribution in [0.3, 0.4) is 0 Å². The first-order valence-electron chi connectivity index (χ1n) is 6.67. The van der Waals surface area contributed by atoms with Crippen LogP contribution in [-0.2, 0) is 6.42 Å². The monoisotopic (exact) mass is 270 g/mol. The molecule has 0 aliphatic heterocycles. The Kier molecular flexibility index (Phi) is 4.41. The van der Waals surface area contributed by atoms with Crippen molar-refractivity contribution in [1.29, 1.82) is 0 Å². The molecule has 3 nitrogen and oxygen atoms in total. The van der Waals surface area contributed by atoms with Gasteiger partial charge in [-0.05, 0) is 18.6 Å². The van der Waals surface area contributed by atoms with Crippen LogP contribution >= 0.6 is 0 Å². The van der Waals surface area contributed by atoms with Crippen molar-refractivity contribution in [2.24, 2.45) is 0 Å². The van der Waals surface area contributed by atoms with Crippen molar-refractivity contribution in [3.05, 3.63) is 59.2 Å². The highest BCUT2D eigenvalue weighted by molar-refractivity contribution is 6.11. The summed E-state index contributed by atoms with van der Waals surface area (Å²) in [5.41, 5.74) is 1.58. The van der Waals surface area contributed by atoms with Gasteiger partial charge in [-0.15, -0.1) is 0 Å². The van der Waals surface area contributed by atoms with E-state index in [4.69, 9.17) is 4.74 Å². The molecule has 0 saturated carbocycles. The Labute approximate surface area is 118 Å². The Morgan fingerprint density at radius 3 is 2.45 bits per heavy atom. The molecule has 0 bridgehead atoms. The van der Waals surface area contributed by atoms with Gasteiger partial charge in [-0.1, -0.05) is 43.7 Å². The van der Waals surface area contributed by atoms with Crippen LogP contribution in [0.5, 0.6) is 11.5 Å². The summed E-state index contributed by atoms with van der Waals surface area (Å²) < 4.78 is 5.25. The van der Waals surface area contributed by atoms with Gasteiger partial charge >= 0.3 is 0 Å². The lowest BCUT2D eigenvalue weighted by molar-refractivity contribution is 0.103. The van der Waals surface area contributed by atoms with Crippen LogP contribution in [-0.4, -0.2) is 18.0 Å². The molecular weight excluding hydrogens is 252 g/mol. The van der Waals surface area contributed by atoms with Crippen LogP contribution in [0.2, 0.25) is 0 Å². The van der Waals surface area contributed by atoms with E-state index in [1.165, 1.54) is 0 Å². The maximum Gasteiger partial charge on any atom is 0.196 e. The molecule has 1 N–H and O–H groups in total. The Morgan fingerprint density at radius 1 is 1.15 bits per heavy atom. The molecule has 0 aliphatic rings. The van der Waals surface area contributed by atoms with Gasteiger partial charge in [-0.25, -0.2) is 0 Å². The predicted molar refractivity (Wildman–Crippen MR) is 78.5 cm³/mol. The Morgan fingerprint density at radius 2 is 1.85 bits per heavy atom. The largest absolute Gasteiger partial charge is 0.507 e. The third-order valence-electron chi connectivity index (χ3n) is 3.24. The molecule has 0 unspecified atom stereocenters. The lowest BCUT2D eigenvalue weighted by Crippen LogP contribution is -2.04. The normalized spacial score (nSPS) is 10.3. The van der Waals surface area contributed by atoms with Gasteiger partial charge in [0.2, 0.25) is 0 Å². The fourth-order valence-corrected chi connectivity index (χ4v) is 2.23. The third kappa shape index (κ3) is 2.67. The molecule has 2 aromatic rings. The van der Waals surface area contributed by atoms with Gasteiger partial charge in [0.1, 0.15) is 11.5 Å². The number of rotatable bonds is 5. The highest BCUT2D eigenvalue weighted by Crippen LogP contribution is 2.33. The van der Waals surface area contributed by atoms with Crippen LogP contribution in [0, 0.1) is 0 Å². The summed E-state index contributed by atoms with van der Waals surface area (Å²) in [4.78, 5) is 12.4. The first-order valence-corrected chi connectivity index (χ1v) is 6.67. The van der Waals surface area contributed by atoms with Gasteiger partial charge in [-0.2, -0.15) is 0 Å². The quantitative estimate of drug-likeness (QED) is 0.845. The van der Waals surface area contributed by atoms with Crippen molar-refractivity contribution in [2.75, 3.05) is 7.11 Å². The molecule has 0 aromatic heterocycles. The predicted octanol–water partition coefficient (Wildman–Crippen LogP) is 3.58. The van der Waals surface area contributed by atoms with E-state index in [0.717, 1.165) is 6.42 Å². The van der Waals surface area contributed by atoms with Gasteiger partial charge in [0, 0.05) is 11.1 Å².